The fraction of sp³-hybridized carbons (Fsp3) is 0.667. The van der Waals surface area contributed by atoms with Gasteiger partial charge in [0.05, 0.1) is 13.2 Å². The van der Waals surface area contributed by atoms with Crippen LogP contribution in [0.25, 0.3) is 10.4 Å². The molecular weight excluding hydrogens is 377 g/mol. The zero-order chi connectivity index (χ0) is 21.1. The zero-order valence-electron chi connectivity index (χ0n) is 15.3. The van der Waals surface area contributed by atoms with E-state index in [0.717, 1.165) is 10.8 Å². The predicted molar refractivity (Wildman–Crippen MR) is 94.5 cm³/mol. The van der Waals surface area contributed by atoms with Crippen LogP contribution in [-0.2, 0) is 14.3 Å². The molecule has 28 heavy (non-hydrogen) atoms. The number of nitrogen functional groups attached to an aromatic ring is 1. The summed E-state index contributed by atoms with van der Waals surface area (Å²) >= 11 is 0. The van der Waals surface area contributed by atoms with Crippen LogP contribution in [0.15, 0.2) is 22.2 Å². The van der Waals surface area contributed by atoms with E-state index in [4.69, 9.17) is 26.5 Å². The van der Waals surface area contributed by atoms with Crippen LogP contribution in [0.5, 0.6) is 0 Å². The number of aliphatic hydroxyl groups is 1. The van der Waals surface area contributed by atoms with Gasteiger partial charge in [0, 0.05) is 11.1 Å². The Morgan fingerprint density at radius 2 is 2.32 bits per heavy atom. The third-order valence-corrected chi connectivity index (χ3v) is 4.46. The molecule has 1 aromatic heterocycles. The highest BCUT2D eigenvalue weighted by molar-refractivity contribution is 5.76. The van der Waals surface area contributed by atoms with Crippen LogP contribution in [0.2, 0.25) is 0 Å². The number of carbonyl (C=O) groups is 1. The first-order valence-electron chi connectivity index (χ1n) is 8.41. The SMILES string of the molecule is CC(C)C(N)C(=O)O[C@H]1[C@@H](F)C(n2ccc(N)nc2=O)O[C@@]1(CO)CN=[N+]=[N-]. The Morgan fingerprint density at radius 1 is 1.64 bits per heavy atom. The number of aromatic nitrogens is 2. The highest BCUT2D eigenvalue weighted by Gasteiger charge is 2.58. The lowest BCUT2D eigenvalue weighted by molar-refractivity contribution is -0.169. The average Bonchev–Trinajstić information content (AvgIpc) is 2.92. The van der Waals surface area contributed by atoms with E-state index >= 15 is 4.39 Å². The van der Waals surface area contributed by atoms with E-state index in [1.54, 1.807) is 13.8 Å². The van der Waals surface area contributed by atoms with Crippen molar-refractivity contribution in [3.63, 3.8) is 0 Å². The monoisotopic (exact) mass is 399 g/mol. The van der Waals surface area contributed by atoms with Gasteiger partial charge in [-0.1, -0.05) is 19.0 Å². The lowest BCUT2D eigenvalue weighted by Crippen LogP contribution is -2.52. The summed E-state index contributed by atoms with van der Waals surface area (Å²) in [4.78, 5) is 30.4. The maximum atomic E-state index is 15.2. The highest BCUT2D eigenvalue weighted by Crippen LogP contribution is 2.41. The lowest BCUT2D eigenvalue weighted by atomic mass is 9.96. The number of rotatable bonds is 7. The van der Waals surface area contributed by atoms with Crippen LogP contribution in [0.4, 0.5) is 10.2 Å². The minimum absolute atomic E-state index is 0.0805. The maximum Gasteiger partial charge on any atom is 0.351 e. The molecule has 2 unspecified atom stereocenters. The molecule has 0 saturated carbocycles. The number of hydrogen-bond donors (Lipinski definition) is 3. The van der Waals surface area contributed by atoms with Gasteiger partial charge >= 0.3 is 11.7 Å². The number of alkyl halides is 1. The van der Waals surface area contributed by atoms with Gasteiger partial charge in [0.15, 0.2) is 18.5 Å². The smallest absolute Gasteiger partial charge is 0.351 e. The largest absolute Gasteiger partial charge is 0.455 e. The summed E-state index contributed by atoms with van der Waals surface area (Å²) in [5.74, 6) is -1.30. The Kier molecular flexibility index (Phi) is 6.56. The van der Waals surface area contributed by atoms with Crippen molar-refractivity contribution in [3.05, 3.63) is 33.2 Å². The standard InChI is InChI=1S/C15H22FN7O5/c1-7(2)10(18)13(25)27-11-9(16)12(23-4-3-8(17)21-14(23)26)28-15(11,6-24)5-20-22-19/h3-4,7,9-12,24H,5-6,18H2,1-2H3,(H2,17,21,26)/t9-,10?,11+,12?,15-/m1/s1. The van der Waals surface area contributed by atoms with Crippen LogP contribution in [0.3, 0.4) is 0 Å². The summed E-state index contributed by atoms with van der Waals surface area (Å²) in [6.07, 6.45) is -4.22. The molecule has 12 nitrogen and oxygen atoms in total. The van der Waals surface area contributed by atoms with Gasteiger partial charge in [-0.05, 0) is 17.5 Å². The molecule has 1 fully saturated rings. The van der Waals surface area contributed by atoms with E-state index in [2.05, 4.69) is 15.0 Å². The Hall–Kier alpha value is -2.73. The molecule has 0 bridgehead atoms. The maximum absolute atomic E-state index is 15.2. The Labute approximate surface area is 158 Å². The zero-order valence-corrected chi connectivity index (χ0v) is 15.3. The molecule has 0 aliphatic carbocycles. The van der Waals surface area contributed by atoms with Gasteiger partial charge in [0.25, 0.3) is 0 Å². The fourth-order valence-corrected chi connectivity index (χ4v) is 2.75. The number of carbonyl (C=O) groups excluding carboxylic acids is 1. The van der Waals surface area contributed by atoms with Gasteiger partial charge in [-0.2, -0.15) is 4.98 Å². The molecule has 0 spiro atoms. The van der Waals surface area contributed by atoms with Gasteiger partial charge in [-0.15, -0.1) is 0 Å². The average molecular weight is 399 g/mol. The van der Waals surface area contributed by atoms with E-state index in [0.29, 0.717) is 0 Å². The van der Waals surface area contributed by atoms with Crippen molar-refractivity contribution < 1.29 is 23.8 Å². The molecule has 5 N–H and O–H groups in total. The highest BCUT2D eigenvalue weighted by atomic mass is 19.1. The molecule has 1 saturated heterocycles. The van der Waals surface area contributed by atoms with Crippen LogP contribution in [0, 0.1) is 5.92 Å². The van der Waals surface area contributed by atoms with E-state index in [-0.39, 0.29) is 11.7 Å². The predicted octanol–water partition coefficient (Wildman–Crippen LogP) is -0.371. The second-order valence-corrected chi connectivity index (χ2v) is 6.73. The number of azide groups is 1. The number of esters is 1. The molecule has 154 valence electrons. The van der Waals surface area contributed by atoms with Crippen molar-refractivity contribution >= 4 is 11.8 Å². The van der Waals surface area contributed by atoms with Crippen molar-refractivity contribution in [1.29, 1.82) is 0 Å². The quantitative estimate of drug-likeness (QED) is 0.239. The van der Waals surface area contributed by atoms with Crippen molar-refractivity contribution in [3.8, 4) is 0 Å². The summed E-state index contributed by atoms with van der Waals surface area (Å²) in [6, 6.07) is 0.197. The first kappa shape index (κ1) is 21.6. The first-order chi connectivity index (χ1) is 13.2. The first-order valence-corrected chi connectivity index (χ1v) is 8.41. The van der Waals surface area contributed by atoms with Crippen LogP contribution < -0.4 is 17.2 Å². The van der Waals surface area contributed by atoms with E-state index < -0.39 is 55.0 Å². The van der Waals surface area contributed by atoms with Gasteiger partial charge in [0.1, 0.15) is 17.5 Å². The molecule has 1 aliphatic heterocycles. The summed E-state index contributed by atoms with van der Waals surface area (Å²) in [7, 11) is 0. The molecule has 5 atom stereocenters. The second-order valence-electron chi connectivity index (χ2n) is 6.73. The van der Waals surface area contributed by atoms with Crippen molar-refractivity contribution in [2.45, 2.75) is 44.0 Å². The number of ether oxygens (including phenoxy) is 2. The summed E-state index contributed by atoms with van der Waals surface area (Å²) in [5, 5.41) is 13.2. The third kappa shape index (κ3) is 4.07. The fourth-order valence-electron chi connectivity index (χ4n) is 2.75. The Morgan fingerprint density at radius 3 is 2.86 bits per heavy atom. The molecule has 1 aromatic rings. The van der Waals surface area contributed by atoms with Crippen molar-refractivity contribution in [1.82, 2.24) is 9.55 Å². The Balaban J connectivity index is 2.44. The van der Waals surface area contributed by atoms with Crippen LogP contribution >= 0.6 is 0 Å². The van der Waals surface area contributed by atoms with E-state index in [1.807, 2.05) is 0 Å². The number of nitrogens with two attached hydrogens (primary N) is 2. The third-order valence-electron chi connectivity index (χ3n) is 4.46. The number of hydrogen-bond acceptors (Lipinski definition) is 9. The molecular formula is C15H22FN7O5. The topological polar surface area (TPSA) is 191 Å². The molecule has 0 radical (unpaired) electrons. The minimum Gasteiger partial charge on any atom is -0.455 e. The molecule has 2 rings (SSSR count). The Bertz CT molecular complexity index is 827. The normalized spacial score (nSPS) is 28.0. The van der Waals surface area contributed by atoms with E-state index in [9.17, 15) is 14.7 Å². The second kappa shape index (κ2) is 8.52. The molecule has 0 aromatic carbocycles. The molecule has 2 heterocycles. The van der Waals surface area contributed by atoms with E-state index in [1.165, 1.54) is 6.07 Å². The molecule has 13 heteroatoms. The van der Waals surface area contributed by atoms with Crippen molar-refractivity contribution in [2.24, 2.45) is 16.8 Å². The van der Waals surface area contributed by atoms with Gasteiger partial charge in [0.2, 0.25) is 0 Å². The lowest BCUT2D eigenvalue weighted by Gasteiger charge is -2.31. The summed E-state index contributed by atoms with van der Waals surface area (Å²) in [6.45, 7) is 1.94. The summed E-state index contributed by atoms with van der Waals surface area (Å²) < 4.78 is 26.8. The summed E-state index contributed by atoms with van der Waals surface area (Å²) in [5.41, 5.74) is 17.0. The van der Waals surface area contributed by atoms with Gasteiger partial charge < -0.3 is 26.0 Å². The number of nitrogens with zero attached hydrogens (tertiary/aromatic N) is 5. The molecule has 0 amide bonds. The van der Waals surface area contributed by atoms with Gasteiger partial charge in [-0.3, -0.25) is 9.36 Å². The molecule has 1 aliphatic rings. The number of halogens is 1. The minimum atomic E-state index is -2.09. The van der Waals surface area contributed by atoms with Gasteiger partial charge in [-0.25, -0.2) is 9.18 Å². The number of anilines is 1. The van der Waals surface area contributed by atoms with Crippen LogP contribution in [0.1, 0.15) is 20.1 Å². The van der Waals surface area contributed by atoms with Crippen LogP contribution in [-0.4, -0.2) is 57.7 Å². The van der Waals surface area contributed by atoms with Crippen molar-refractivity contribution in [2.75, 3.05) is 18.9 Å². The number of aliphatic hydroxyl groups excluding tert-OH is 1.